The largest absolute Gasteiger partial charge is 0.489 e. The Bertz CT molecular complexity index is 862. The van der Waals surface area contributed by atoms with Crippen LogP contribution in [0.4, 0.5) is 5.82 Å². The van der Waals surface area contributed by atoms with E-state index in [1.807, 2.05) is 66.7 Å². The fourth-order valence-corrected chi connectivity index (χ4v) is 2.63. The Balaban J connectivity index is 1.76. The third kappa shape index (κ3) is 4.48. The fourth-order valence-electron chi connectivity index (χ4n) is 2.63. The minimum Gasteiger partial charge on any atom is -0.489 e. The zero-order valence-corrected chi connectivity index (χ0v) is 14.9. The molecule has 132 valence electrons. The molecule has 0 fully saturated rings. The van der Waals surface area contributed by atoms with Crippen molar-refractivity contribution in [1.82, 2.24) is 4.98 Å². The van der Waals surface area contributed by atoms with Gasteiger partial charge in [-0.05, 0) is 36.2 Å². The molecule has 3 rings (SSSR count). The molecular weight excluding hydrogens is 322 g/mol. The lowest BCUT2D eigenvalue weighted by molar-refractivity contribution is 0.306. The van der Waals surface area contributed by atoms with Crippen LogP contribution < -0.4 is 10.1 Å². The summed E-state index contributed by atoms with van der Waals surface area (Å²) in [5, 5.41) is 11.9. The van der Waals surface area contributed by atoms with Crippen LogP contribution >= 0.6 is 0 Å². The molecule has 0 amide bonds. The van der Waals surface area contributed by atoms with Crippen LogP contribution in [0.5, 0.6) is 5.75 Å². The minimum absolute atomic E-state index is 0.432. The predicted octanol–water partition coefficient (Wildman–Crippen LogP) is 4.90. The monoisotopic (exact) mass is 345 g/mol. The second-order valence-corrected chi connectivity index (χ2v) is 6.00. The molecule has 0 aliphatic carbocycles. The van der Waals surface area contributed by atoms with Crippen LogP contribution in [-0.2, 0) is 6.61 Å². The third-order valence-electron chi connectivity index (χ3n) is 3.99. The molecule has 0 spiro atoms. The molecule has 0 aliphatic heterocycles. The molecule has 26 heavy (non-hydrogen) atoms. The van der Waals surface area contributed by atoms with Gasteiger partial charge in [0.05, 0.1) is 5.71 Å². The fraction of sp³-hybridized carbons (Fsp3) is 0.182. The molecule has 0 aliphatic rings. The SMILES string of the molecule is CCCNc1ncccc1C(=N)c1cccc(OCc2ccccc2)c1. The average Bonchev–Trinajstić information content (AvgIpc) is 2.71. The Labute approximate surface area is 154 Å². The lowest BCUT2D eigenvalue weighted by Gasteiger charge is -2.12. The summed E-state index contributed by atoms with van der Waals surface area (Å²) in [5.74, 6) is 1.50. The molecule has 0 bridgehead atoms. The number of aromatic nitrogens is 1. The second-order valence-electron chi connectivity index (χ2n) is 6.00. The molecule has 0 unspecified atom stereocenters. The Morgan fingerprint density at radius 3 is 2.69 bits per heavy atom. The molecule has 0 saturated heterocycles. The number of nitrogens with zero attached hydrogens (tertiary/aromatic N) is 1. The summed E-state index contributed by atoms with van der Waals surface area (Å²) >= 11 is 0. The van der Waals surface area contributed by atoms with Gasteiger partial charge in [-0.1, -0.05) is 49.4 Å². The lowest BCUT2D eigenvalue weighted by atomic mass is 10.0. The van der Waals surface area contributed by atoms with Gasteiger partial charge < -0.3 is 10.1 Å². The van der Waals surface area contributed by atoms with Gasteiger partial charge in [-0.2, -0.15) is 0 Å². The Morgan fingerprint density at radius 1 is 1.04 bits per heavy atom. The van der Waals surface area contributed by atoms with Crippen molar-refractivity contribution in [1.29, 1.82) is 5.41 Å². The highest BCUT2D eigenvalue weighted by Crippen LogP contribution is 2.21. The van der Waals surface area contributed by atoms with E-state index in [2.05, 4.69) is 17.2 Å². The van der Waals surface area contributed by atoms with E-state index in [1.54, 1.807) is 6.20 Å². The highest BCUT2D eigenvalue weighted by Gasteiger charge is 2.11. The van der Waals surface area contributed by atoms with E-state index in [9.17, 15) is 0 Å². The van der Waals surface area contributed by atoms with Crippen molar-refractivity contribution < 1.29 is 4.74 Å². The van der Waals surface area contributed by atoms with Crippen LogP contribution in [0, 0.1) is 5.41 Å². The first kappa shape index (κ1) is 17.7. The molecule has 4 nitrogen and oxygen atoms in total. The van der Waals surface area contributed by atoms with Gasteiger partial charge in [0.25, 0.3) is 0 Å². The summed E-state index contributed by atoms with van der Waals surface area (Å²) in [4.78, 5) is 4.38. The van der Waals surface area contributed by atoms with Gasteiger partial charge in [0, 0.05) is 23.9 Å². The maximum Gasteiger partial charge on any atom is 0.135 e. The first-order chi connectivity index (χ1) is 12.8. The Kier molecular flexibility index (Phi) is 5.99. The average molecular weight is 345 g/mol. The van der Waals surface area contributed by atoms with Crippen molar-refractivity contribution in [2.24, 2.45) is 0 Å². The van der Waals surface area contributed by atoms with Crippen LogP contribution in [0.15, 0.2) is 72.9 Å². The molecule has 1 aromatic heterocycles. The number of anilines is 1. The lowest BCUT2D eigenvalue weighted by Crippen LogP contribution is -2.10. The maximum absolute atomic E-state index is 8.60. The summed E-state index contributed by atoms with van der Waals surface area (Å²) in [6.45, 7) is 3.44. The van der Waals surface area contributed by atoms with Crippen molar-refractivity contribution in [2.75, 3.05) is 11.9 Å². The van der Waals surface area contributed by atoms with Crippen LogP contribution in [0.2, 0.25) is 0 Å². The van der Waals surface area contributed by atoms with E-state index in [4.69, 9.17) is 10.1 Å². The van der Waals surface area contributed by atoms with Gasteiger partial charge in [-0.15, -0.1) is 0 Å². The minimum atomic E-state index is 0.432. The summed E-state index contributed by atoms with van der Waals surface area (Å²) in [5.41, 5.74) is 3.15. The number of nitrogens with one attached hydrogen (secondary N) is 2. The van der Waals surface area contributed by atoms with E-state index in [1.165, 1.54) is 0 Å². The third-order valence-corrected chi connectivity index (χ3v) is 3.99. The first-order valence-electron chi connectivity index (χ1n) is 8.83. The van der Waals surface area contributed by atoms with Crippen molar-refractivity contribution >= 4 is 11.5 Å². The summed E-state index contributed by atoms with van der Waals surface area (Å²) < 4.78 is 5.89. The number of rotatable bonds is 8. The number of hydrogen-bond acceptors (Lipinski definition) is 4. The van der Waals surface area contributed by atoms with Crippen LogP contribution in [0.1, 0.15) is 30.0 Å². The molecule has 0 saturated carbocycles. The molecule has 2 N–H and O–H groups in total. The molecule has 0 radical (unpaired) electrons. The van der Waals surface area contributed by atoms with Gasteiger partial charge in [0.2, 0.25) is 0 Å². The summed E-state index contributed by atoms with van der Waals surface area (Å²) in [7, 11) is 0. The number of hydrogen-bond donors (Lipinski definition) is 2. The van der Waals surface area contributed by atoms with Gasteiger partial charge in [-0.3, -0.25) is 5.41 Å². The molecule has 3 aromatic rings. The smallest absolute Gasteiger partial charge is 0.135 e. The van der Waals surface area contributed by atoms with Gasteiger partial charge in [0.15, 0.2) is 0 Å². The Morgan fingerprint density at radius 2 is 1.88 bits per heavy atom. The first-order valence-corrected chi connectivity index (χ1v) is 8.83. The van der Waals surface area contributed by atoms with Crippen LogP contribution in [-0.4, -0.2) is 17.2 Å². The van der Waals surface area contributed by atoms with E-state index in [0.717, 1.165) is 41.2 Å². The number of benzene rings is 2. The van der Waals surface area contributed by atoms with Crippen molar-refractivity contribution in [3.8, 4) is 5.75 Å². The molecule has 4 heteroatoms. The Hall–Kier alpha value is -3.14. The number of ether oxygens (including phenoxy) is 1. The van der Waals surface area contributed by atoms with E-state index < -0.39 is 0 Å². The topological polar surface area (TPSA) is 58.0 Å². The van der Waals surface area contributed by atoms with Gasteiger partial charge in [-0.25, -0.2) is 4.98 Å². The predicted molar refractivity (Wildman–Crippen MR) is 106 cm³/mol. The zero-order chi connectivity index (χ0) is 18.2. The summed E-state index contributed by atoms with van der Waals surface area (Å²) in [6, 6.07) is 21.5. The van der Waals surface area contributed by atoms with E-state index >= 15 is 0 Å². The zero-order valence-electron chi connectivity index (χ0n) is 14.9. The normalized spacial score (nSPS) is 10.3. The van der Waals surface area contributed by atoms with Crippen LogP contribution in [0.25, 0.3) is 0 Å². The van der Waals surface area contributed by atoms with Gasteiger partial charge >= 0.3 is 0 Å². The molecule has 0 atom stereocenters. The van der Waals surface area contributed by atoms with Crippen molar-refractivity contribution in [3.05, 3.63) is 89.6 Å². The van der Waals surface area contributed by atoms with Crippen LogP contribution in [0.3, 0.4) is 0 Å². The quantitative estimate of drug-likeness (QED) is 0.571. The van der Waals surface area contributed by atoms with Gasteiger partial charge in [0.1, 0.15) is 18.2 Å². The molecular formula is C22H23N3O. The standard InChI is InChI=1S/C22H23N3O/c1-2-13-24-22-20(12-7-14-25-22)21(23)18-10-6-11-19(15-18)26-16-17-8-4-3-5-9-17/h3-12,14-15,23H,2,13,16H2,1H3,(H,24,25). The maximum atomic E-state index is 8.60. The van der Waals surface area contributed by atoms with Crippen molar-refractivity contribution in [2.45, 2.75) is 20.0 Å². The summed E-state index contributed by atoms with van der Waals surface area (Å²) in [6.07, 6.45) is 2.75. The second kappa shape index (κ2) is 8.81. The number of pyridine rings is 1. The molecule has 2 aromatic carbocycles. The van der Waals surface area contributed by atoms with Crippen molar-refractivity contribution in [3.63, 3.8) is 0 Å². The molecule has 1 heterocycles. The van der Waals surface area contributed by atoms with E-state index in [0.29, 0.717) is 12.3 Å². The van der Waals surface area contributed by atoms with E-state index in [-0.39, 0.29) is 0 Å². The highest BCUT2D eigenvalue weighted by atomic mass is 16.5. The highest BCUT2D eigenvalue weighted by molar-refractivity contribution is 6.13.